The summed E-state index contributed by atoms with van der Waals surface area (Å²) in [6, 6.07) is 0. The van der Waals surface area contributed by atoms with Crippen LogP contribution in [0.5, 0.6) is 0 Å². The lowest BCUT2D eigenvalue weighted by molar-refractivity contribution is -0.157. The summed E-state index contributed by atoms with van der Waals surface area (Å²) < 4.78 is 11.8. The number of hydrogen-bond donors (Lipinski definition) is 1. The Morgan fingerprint density at radius 2 is 1.81 bits per heavy atom. The maximum atomic E-state index is 8.86. The maximum absolute atomic E-state index is 8.86. The van der Waals surface area contributed by atoms with Crippen molar-refractivity contribution in [3.63, 3.8) is 0 Å². The average Bonchev–Trinajstić information content (AvgIpc) is 2.31. The van der Waals surface area contributed by atoms with Crippen molar-refractivity contribution in [1.29, 1.82) is 0 Å². The first-order chi connectivity index (χ1) is 7.27. The van der Waals surface area contributed by atoms with Crippen LogP contribution >= 0.6 is 0 Å². The topological polar surface area (TPSA) is 38.7 Å². The van der Waals surface area contributed by atoms with Gasteiger partial charge in [-0.05, 0) is 52.9 Å². The van der Waals surface area contributed by atoms with E-state index in [-0.39, 0.29) is 18.3 Å². The molecule has 96 valence electrons. The number of hydrogen-bond acceptors (Lipinski definition) is 3. The third-order valence-electron chi connectivity index (χ3n) is 3.25. The van der Waals surface area contributed by atoms with Crippen molar-refractivity contribution >= 4 is 0 Å². The minimum atomic E-state index is -0.464. The molecule has 0 spiro atoms. The van der Waals surface area contributed by atoms with Gasteiger partial charge in [0.15, 0.2) is 5.79 Å². The Bertz CT molecular complexity index is 223. The van der Waals surface area contributed by atoms with Gasteiger partial charge in [0.2, 0.25) is 0 Å². The molecule has 1 aliphatic heterocycles. The Labute approximate surface area is 99.1 Å². The van der Waals surface area contributed by atoms with Crippen LogP contribution in [-0.2, 0) is 9.47 Å². The Morgan fingerprint density at radius 3 is 2.25 bits per heavy atom. The summed E-state index contributed by atoms with van der Waals surface area (Å²) in [4.78, 5) is 0. The molecule has 2 atom stereocenters. The molecule has 0 aliphatic carbocycles. The van der Waals surface area contributed by atoms with Crippen molar-refractivity contribution in [2.75, 3.05) is 6.61 Å². The molecule has 1 N–H and O–H groups in total. The van der Waals surface area contributed by atoms with Crippen LogP contribution in [0.2, 0.25) is 0 Å². The summed E-state index contributed by atoms with van der Waals surface area (Å²) >= 11 is 0. The summed E-state index contributed by atoms with van der Waals surface area (Å²) in [7, 11) is 0. The van der Waals surface area contributed by atoms with Gasteiger partial charge in [-0.2, -0.15) is 0 Å². The number of aliphatic hydroxyl groups excluding tert-OH is 1. The molecule has 0 radical (unpaired) electrons. The molecule has 3 heteroatoms. The van der Waals surface area contributed by atoms with Crippen molar-refractivity contribution in [2.24, 2.45) is 5.92 Å². The van der Waals surface area contributed by atoms with Gasteiger partial charge in [0.05, 0.1) is 11.7 Å². The summed E-state index contributed by atoms with van der Waals surface area (Å²) in [5, 5.41) is 8.86. The van der Waals surface area contributed by atoms with Gasteiger partial charge in [-0.1, -0.05) is 6.92 Å². The predicted octanol–water partition coefficient (Wildman–Crippen LogP) is 2.72. The van der Waals surface area contributed by atoms with Gasteiger partial charge in [0.25, 0.3) is 0 Å². The summed E-state index contributed by atoms with van der Waals surface area (Å²) in [6.45, 7) is 10.5. The van der Waals surface area contributed by atoms with Crippen LogP contribution in [0.15, 0.2) is 0 Å². The molecular weight excluding hydrogens is 204 g/mol. The van der Waals surface area contributed by atoms with E-state index in [2.05, 4.69) is 20.8 Å². The van der Waals surface area contributed by atoms with E-state index in [1.807, 2.05) is 13.8 Å². The Kier molecular flexibility index (Phi) is 4.38. The molecule has 0 bridgehead atoms. The fourth-order valence-electron chi connectivity index (χ4n) is 2.41. The highest BCUT2D eigenvalue weighted by Gasteiger charge is 2.46. The number of ether oxygens (including phenoxy) is 2. The van der Waals surface area contributed by atoms with E-state index in [0.29, 0.717) is 5.92 Å². The summed E-state index contributed by atoms with van der Waals surface area (Å²) in [6.07, 6.45) is 3.10. The van der Waals surface area contributed by atoms with Crippen molar-refractivity contribution < 1.29 is 14.6 Å². The van der Waals surface area contributed by atoms with Crippen LogP contribution in [0.25, 0.3) is 0 Å². The van der Waals surface area contributed by atoms with Crippen LogP contribution in [0.3, 0.4) is 0 Å². The second-order valence-electron chi connectivity index (χ2n) is 5.91. The van der Waals surface area contributed by atoms with E-state index in [0.717, 1.165) is 19.3 Å². The molecule has 1 rings (SSSR count). The fraction of sp³-hybridized carbons (Fsp3) is 1.00. The largest absolute Gasteiger partial charge is 0.396 e. The highest BCUT2D eigenvalue weighted by atomic mass is 16.8. The van der Waals surface area contributed by atoms with Gasteiger partial charge in [-0.25, -0.2) is 0 Å². The molecule has 16 heavy (non-hydrogen) atoms. The SMILES string of the molecule is C[C@@H](CCO)CC[C@H]1OC(C)(C)OC1(C)C. The van der Waals surface area contributed by atoms with Gasteiger partial charge in [-0.3, -0.25) is 0 Å². The molecule has 0 aromatic carbocycles. The average molecular weight is 230 g/mol. The maximum Gasteiger partial charge on any atom is 0.164 e. The van der Waals surface area contributed by atoms with Crippen LogP contribution in [0, 0.1) is 5.92 Å². The zero-order valence-corrected chi connectivity index (χ0v) is 11.2. The third-order valence-corrected chi connectivity index (χ3v) is 3.25. The Balaban J connectivity index is 2.42. The molecule has 3 nitrogen and oxygen atoms in total. The van der Waals surface area contributed by atoms with Gasteiger partial charge >= 0.3 is 0 Å². The quantitative estimate of drug-likeness (QED) is 0.789. The minimum Gasteiger partial charge on any atom is -0.396 e. The molecule has 0 aromatic heterocycles. The normalized spacial score (nSPS) is 29.2. The van der Waals surface area contributed by atoms with E-state index in [1.54, 1.807) is 0 Å². The molecule has 0 aromatic rings. The zero-order valence-electron chi connectivity index (χ0n) is 11.2. The molecular formula is C13H26O3. The van der Waals surface area contributed by atoms with Crippen molar-refractivity contribution in [2.45, 2.75) is 71.4 Å². The second kappa shape index (κ2) is 5.03. The second-order valence-corrected chi connectivity index (χ2v) is 5.91. The monoisotopic (exact) mass is 230 g/mol. The van der Waals surface area contributed by atoms with E-state index in [9.17, 15) is 0 Å². The van der Waals surface area contributed by atoms with Crippen molar-refractivity contribution in [3.05, 3.63) is 0 Å². The first-order valence-electron chi connectivity index (χ1n) is 6.26. The van der Waals surface area contributed by atoms with Crippen LogP contribution in [0.1, 0.15) is 53.9 Å². The lowest BCUT2D eigenvalue weighted by atomic mass is 9.93. The standard InChI is InChI=1S/C13H26O3/c1-10(8-9-14)6-7-11-12(2,3)16-13(4,5)15-11/h10-11,14H,6-9H2,1-5H3/t10-,11-/m1/s1. The summed E-state index contributed by atoms with van der Waals surface area (Å²) in [5.74, 6) is 0.0853. The van der Waals surface area contributed by atoms with Gasteiger partial charge in [0.1, 0.15) is 0 Å². The predicted molar refractivity (Wildman–Crippen MR) is 64.2 cm³/mol. The Hall–Kier alpha value is -0.120. The first-order valence-corrected chi connectivity index (χ1v) is 6.26. The minimum absolute atomic E-state index is 0.156. The van der Waals surface area contributed by atoms with E-state index >= 15 is 0 Å². The number of aliphatic hydroxyl groups is 1. The van der Waals surface area contributed by atoms with E-state index < -0.39 is 5.79 Å². The van der Waals surface area contributed by atoms with Gasteiger partial charge < -0.3 is 14.6 Å². The van der Waals surface area contributed by atoms with Crippen LogP contribution in [-0.4, -0.2) is 29.2 Å². The molecule has 0 unspecified atom stereocenters. The van der Waals surface area contributed by atoms with Crippen molar-refractivity contribution in [1.82, 2.24) is 0 Å². The smallest absolute Gasteiger partial charge is 0.164 e. The third kappa shape index (κ3) is 3.72. The van der Waals surface area contributed by atoms with Crippen LogP contribution < -0.4 is 0 Å². The molecule has 0 amide bonds. The highest BCUT2D eigenvalue weighted by Crippen LogP contribution is 2.38. The fourth-order valence-corrected chi connectivity index (χ4v) is 2.41. The Morgan fingerprint density at radius 1 is 1.19 bits per heavy atom. The molecule has 1 heterocycles. The number of rotatable bonds is 5. The van der Waals surface area contributed by atoms with Gasteiger partial charge in [0, 0.05) is 6.61 Å². The lowest BCUT2D eigenvalue weighted by Crippen LogP contribution is -2.33. The van der Waals surface area contributed by atoms with E-state index in [4.69, 9.17) is 14.6 Å². The van der Waals surface area contributed by atoms with Gasteiger partial charge in [-0.15, -0.1) is 0 Å². The molecule has 1 aliphatic rings. The zero-order chi connectivity index (χ0) is 12.4. The van der Waals surface area contributed by atoms with Crippen LogP contribution in [0.4, 0.5) is 0 Å². The molecule has 0 saturated carbocycles. The highest BCUT2D eigenvalue weighted by molar-refractivity contribution is 4.89. The van der Waals surface area contributed by atoms with E-state index in [1.165, 1.54) is 0 Å². The molecule has 1 fully saturated rings. The molecule has 1 saturated heterocycles. The lowest BCUT2D eigenvalue weighted by Gasteiger charge is -2.24. The summed E-state index contributed by atoms with van der Waals surface area (Å²) in [5.41, 5.74) is -0.206. The van der Waals surface area contributed by atoms with Crippen molar-refractivity contribution in [3.8, 4) is 0 Å². The first kappa shape index (κ1) is 13.9.